The molecule has 18 heavy (non-hydrogen) atoms. The predicted molar refractivity (Wildman–Crippen MR) is 72.4 cm³/mol. The standard InChI is InChI=1S/C12H13BrFNO2.ClH/c13-11-5-10(14)2-1-8(11)6-15-4-3-9(7-15)12(16)17;/h1-2,5,9H,3-4,6-7H2,(H,16,17);1H. The van der Waals surface area contributed by atoms with Gasteiger partial charge in [0.05, 0.1) is 5.92 Å². The van der Waals surface area contributed by atoms with E-state index in [0.717, 1.165) is 16.6 Å². The number of likely N-dealkylation sites (tertiary alicyclic amines) is 1. The number of benzene rings is 1. The lowest BCUT2D eigenvalue weighted by Crippen LogP contribution is -2.23. The maximum Gasteiger partial charge on any atom is 0.307 e. The molecule has 1 atom stereocenters. The first-order valence-corrected chi connectivity index (χ1v) is 6.24. The number of hydrogen-bond acceptors (Lipinski definition) is 2. The van der Waals surface area contributed by atoms with Crippen molar-refractivity contribution in [3.8, 4) is 0 Å². The van der Waals surface area contributed by atoms with Gasteiger partial charge in [-0.05, 0) is 30.7 Å². The van der Waals surface area contributed by atoms with Crippen LogP contribution in [-0.2, 0) is 11.3 Å². The molecular weight excluding hydrogens is 324 g/mol. The highest BCUT2D eigenvalue weighted by molar-refractivity contribution is 9.10. The van der Waals surface area contributed by atoms with Gasteiger partial charge in [0.15, 0.2) is 0 Å². The lowest BCUT2D eigenvalue weighted by Gasteiger charge is -2.16. The fourth-order valence-corrected chi connectivity index (χ4v) is 2.54. The van der Waals surface area contributed by atoms with Crippen molar-refractivity contribution in [3.05, 3.63) is 34.1 Å². The summed E-state index contributed by atoms with van der Waals surface area (Å²) in [5.74, 6) is -1.27. The third-order valence-electron chi connectivity index (χ3n) is 3.03. The van der Waals surface area contributed by atoms with E-state index in [1.165, 1.54) is 12.1 Å². The number of carboxylic acid groups (broad SMARTS) is 1. The zero-order chi connectivity index (χ0) is 12.4. The second kappa shape index (κ2) is 6.50. The molecule has 0 aromatic heterocycles. The molecule has 0 spiro atoms. The fourth-order valence-electron chi connectivity index (χ4n) is 2.07. The molecule has 1 aromatic rings. The summed E-state index contributed by atoms with van der Waals surface area (Å²) in [6, 6.07) is 4.58. The number of halogens is 3. The Morgan fingerprint density at radius 1 is 1.56 bits per heavy atom. The first kappa shape index (κ1) is 15.4. The van der Waals surface area contributed by atoms with Crippen molar-refractivity contribution in [2.24, 2.45) is 5.92 Å². The molecule has 1 N–H and O–H groups in total. The minimum atomic E-state index is -0.731. The van der Waals surface area contributed by atoms with E-state index in [1.54, 1.807) is 6.07 Å². The molecule has 1 saturated heterocycles. The highest BCUT2D eigenvalue weighted by Crippen LogP contribution is 2.23. The van der Waals surface area contributed by atoms with E-state index >= 15 is 0 Å². The van der Waals surface area contributed by atoms with Gasteiger partial charge in [-0.2, -0.15) is 0 Å². The summed E-state index contributed by atoms with van der Waals surface area (Å²) >= 11 is 3.32. The quantitative estimate of drug-likeness (QED) is 0.921. The molecule has 1 aliphatic rings. The van der Waals surface area contributed by atoms with Gasteiger partial charge in [0.2, 0.25) is 0 Å². The van der Waals surface area contributed by atoms with Crippen LogP contribution >= 0.6 is 28.3 Å². The van der Waals surface area contributed by atoms with Gasteiger partial charge < -0.3 is 5.11 Å². The molecule has 2 rings (SSSR count). The van der Waals surface area contributed by atoms with Gasteiger partial charge in [0, 0.05) is 17.6 Å². The summed E-state index contributed by atoms with van der Waals surface area (Å²) in [6.45, 7) is 2.00. The van der Waals surface area contributed by atoms with Gasteiger partial charge in [-0.3, -0.25) is 9.69 Å². The van der Waals surface area contributed by atoms with Crippen LogP contribution < -0.4 is 0 Å². The first-order chi connectivity index (χ1) is 8.06. The normalized spacial score (nSPS) is 19.6. The van der Waals surface area contributed by atoms with Gasteiger partial charge in [-0.25, -0.2) is 4.39 Å². The second-order valence-electron chi connectivity index (χ2n) is 4.29. The van der Waals surface area contributed by atoms with Crippen LogP contribution in [0.5, 0.6) is 0 Å². The Morgan fingerprint density at radius 3 is 2.83 bits per heavy atom. The van der Waals surface area contributed by atoms with Crippen LogP contribution in [0.3, 0.4) is 0 Å². The van der Waals surface area contributed by atoms with Crippen LogP contribution in [-0.4, -0.2) is 29.1 Å². The smallest absolute Gasteiger partial charge is 0.307 e. The average Bonchev–Trinajstić information content (AvgIpc) is 2.71. The first-order valence-electron chi connectivity index (χ1n) is 5.45. The SMILES string of the molecule is Cl.O=C(O)C1CCN(Cc2ccc(F)cc2Br)C1. The van der Waals surface area contributed by atoms with E-state index in [4.69, 9.17) is 5.11 Å². The minimum absolute atomic E-state index is 0. The van der Waals surface area contributed by atoms with E-state index in [2.05, 4.69) is 20.8 Å². The van der Waals surface area contributed by atoms with Crippen LogP contribution in [0, 0.1) is 11.7 Å². The van der Waals surface area contributed by atoms with Crippen LogP contribution in [0.25, 0.3) is 0 Å². The van der Waals surface area contributed by atoms with E-state index in [9.17, 15) is 9.18 Å². The molecule has 1 aliphatic heterocycles. The van der Waals surface area contributed by atoms with Crippen molar-refractivity contribution < 1.29 is 14.3 Å². The largest absolute Gasteiger partial charge is 0.481 e. The molecule has 100 valence electrons. The van der Waals surface area contributed by atoms with E-state index in [-0.39, 0.29) is 24.1 Å². The number of carboxylic acids is 1. The van der Waals surface area contributed by atoms with Crippen LogP contribution in [0.4, 0.5) is 4.39 Å². The summed E-state index contributed by atoms with van der Waals surface area (Å²) in [4.78, 5) is 12.9. The van der Waals surface area contributed by atoms with Crippen molar-refractivity contribution in [3.63, 3.8) is 0 Å². The number of nitrogens with zero attached hydrogens (tertiary/aromatic N) is 1. The van der Waals surface area contributed by atoms with Gasteiger partial charge in [0.25, 0.3) is 0 Å². The van der Waals surface area contributed by atoms with Gasteiger partial charge in [0.1, 0.15) is 5.82 Å². The molecule has 6 heteroatoms. The Bertz CT molecular complexity index is 444. The summed E-state index contributed by atoms with van der Waals surface area (Å²) in [6.07, 6.45) is 0.689. The van der Waals surface area contributed by atoms with Crippen LogP contribution in [0.15, 0.2) is 22.7 Å². The maximum atomic E-state index is 12.9. The summed E-state index contributed by atoms with van der Waals surface area (Å²) in [7, 11) is 0. The summed E-state index contributed by atoms with van der Waals surface area (Å²) in [5, 5.41) is 8.90. The van der Waals surface area contributed by atoms with Crippen molar-refractivity contribution in [2.75, 3.05) is 13.1 Å². The Balaban J connectivity index is 0.00000162. The molecule has 0 radical (unpaired) electrons. The maximum absolute atomic E-state index is 12.9. The molecule has 0 saturated carbocycles. The molecule has 3 nitrogen and oxygen atoms in total. The number of rotatable bonds is 3. The lowest BCUT2D eigenvalue weighted by atomic mass is 10.1. The topological polar surface area (TPSA) is 40.5 Å². The molecule has 0 aliphatic carbocycles. The molecular formula is C12H14BrClFNO2. The third kappa shape index (κ3) is 3.67. The third-order valence-corrected chi connectivity index (χ3v) is 3.77. The lowest BCUT2D eigenvalue weighted by molar-refractivity contribution is -0.141. The van der Waals surface area contributed by atoms with E-state index in [1.807, 2.05) is 0 Å². The predicted octanol–water partition coefficient (Wildman–Crippen LogP) is 2.92. The fraction of sp³-hybridized carbons (Fsp3) is 0.417. The highest BCUT2D eigenvalue weighted by Gasteiger charge is 2.27. The molecule has 0 amide bonds. The molecule has 1 aromatic carbocycles. The van der Waals surface area contributed by atoms with Crippen molar-refractivity contribution in [1.29, 1.82) is 0 Å². The van der Waals surface area contributed by atoms with Crippen LogP contribution in [0.2, 0.25) is 0 Å². The Hall–Kier alpha value is -0.650. The number of hydrogen-bond donors (Lipinski definition) is 1. The van der Waals surface area contributed by atoms with Gasteiger partial charge >= 0.3 is 5.97 Å². The number of carbonyl (C=O) groups is 1. The van der Waals surface area contributed by atoms with E-state index in [0.29, 0.717) is 19.5 Å². The van der Waals surface area contributed by atoms with Crippen LogP contribution in [0.1, 0.15) is 12.0 Å². The number of aliphatic carboxylic acids is 1. The zero-order valence-electron chi connectivity index (χ0n) is 9.60. The average molecular weight is 339 g/mol. The Kier molecular flexibility index (Phi) is 5.56. The van der Waals surface area contributed by atoms with Gasteiger partial charge in [-0.1, -0.05) is 22.0 Å². The second-order valence-corrected chi connectivity index (χ2v) is 5.15. The van der Waals surface area contributed by atoms with Crippen molar-refractivity contribution in [2.45, 2.75) is 13.0 Å². The molecule has 1 unspecified atom stereocenters. The summed E-state index contributed by atoms with van der Waals surface area (Å²) < 4.78 is 13.6. The molecule has 0 bridgehead atoms. The van der Waals surface area contributed by atoms with E-state index < -0.39 is 5.97 Å². The molecule has 1 fully saturated rings. The monoisotopic (exact) mass is 337 g/mol. The Morgan fingerprint density at radius 2 is 2.28 bits per heavy atom. The van der Waals surface area contributed by atoms with Crippen molar-refractivity contribution >= 4 is 34.3 Å². The summed E-state index contributed by atoms with van der Waals surface area (Å²) in [5.41, 5.74) is 0.984. The molecule has 1 heterocycles. The van der Waals surface area contributed by atoms with Gasteiger partial charge in [-0.15, -0.1) is 12.4 Å². The Labute approximate surface area is 120 Å². The van der Waals surface area contributed by atoms with Crippen molar-refractivity contribution in [1.82, 2.24) is 4.90 Å². The highest BCUT2D eigenvalue weighted by atomic mass is 79.9. The zero-order valence-corrected chi connectivity index (χ0v) is 12.0. The minimum Gasteiger partial charge on any atom is -0.481 e.